The summed E-state index contributed by atoms with van der Waals surface area (Å²) in [5.74, 6) is -0.504. The minimum atomic E-state index is -3.67. The van der Waals surface area contributed by atoms with Crippen LogP contribution in [0.1, 0.15) is 10.4 Å². The molecule has 1 rings (SSSR count). The van der Waals surface area contributed by atoms with Gasteiger partial charge in [-0.15, -0.1) is 0 Å². The molecule has 1 aromatic heterocycles. The van der Waals surface area contributed by atoms with Crippen LogP contribution in [0.25, 0.3) is 0 Å². The van der Waals surface area contributed by atoms with Crippen LogP contribution in [0.3, 0.4) is 0 Å². The second kappa shape index (κ2) is 5.25. The van der Waals surface area contributed by atoms with Gasteiger partial charge >= 0.3 is 0 Å². The molecule has 0 unspecified atom stereocenters. The Balaban J connectivity index is 0.000000292. The zero-order valence-electron chi connectivity index (χ0n) is 7.28. The highest BCUT2D eigenvalue weighted by Gasteiger charge is 1.96. The average Bonchev–Trinajstić information content (AvgIpc) is 2.03. The van der Waals surface area contributed by atoms with E-state index in [4.69, 9.17) is 10.3 Å². The molecule has 0 aliphatic heterocycles. The van der Waals surface area contributed by atoms with Crippen LogP contribution in [0.15, 0.2) is 18.7 Å². The quantitative estimate of drug-likeness (QED) is 0.589. The fourth-order valence-electron chi connectivity index (χ4n) is 0.426. The van der Waals surface area contributed by atoms with Crippen molar-refractivity contribution in [3.05, 3.63) is 24.3 Å². The molecular weight excluding hydrogens is 210 g/mol. The summed E-state index contributed by atoms with van der Waals surface area (Å²) in [6.45, 7) is 0. The second-order valence-corrected chi connectivity index (χ2v) is 3.69. The Bertz CT molecular complexity index is 381. The van der Waals surface area contributed by atoms with Crippen LogP contribution in [-0.2, 0) is 10.1 Å². The van der Waals surface area contributed by atoms with Crippen LogP contribution in [-0.4, -0.2) is 35.1 Å². The summed E-state index contributed by atoms with van der Waals surface area (Å²) < 4.78 is 25.9. The van der Waals surface area contributed by atoms with Gasteiger partial charge in [0.2, 0.25) is 0 Å². The van der Waals surface area contributed by atoms with E-state index in [1.807, 2.05) is 0 Å². The van der Waals surface area contributed by atoms with Crippen molar-refractivity contribution in [1.82, 2.24) is 9.97 Å². The predicted octanol–water partition coefficient (Wildman–Crippen LogP) is -0.920. The Kier molecular flexibility index (Phi) is 4.67. The van der Waals surface area contributed by atoms with Crippen molar-refractivity contribution in [1.29, 1.82) is 0 Å². The third-order valence-electron chi connectivity index (χ3n) is 0.845. The van der Waals surface area contributed by atoms with Gasteiger partial charge in [-0.25, -0.2) is 9.97 Å². The van der Waals surface area contributed by atoms with Crippen LogP contribution >= 0.6 is 0 Å². The zero-order chi connectivity index (χ0) is 11.2. The number of rotatable bonds is 1. The first-order chi connectivity index (χ1) is 6.30. The molecule has 7 nitrogen and oxygen atoms in total. The van der Waals surface area contributed by atoms with Gasteiger partial charge in [0.15, 0.2) is 0 Å². The number of hydrogen-bond acceptors (Lipinski definition) is 5. The fourth-order valence-corrected chi connectivity index (χ4v) is 0.426. The van der Waals surface area contributed by atoms with Crippen molar-refractivity contribution >= 4 is 16.0 Å². The number of carbonyl (C=O) groups excluding carboxylic acids is 1. The van der Waals surface area contributed by atoms with E-state index in [0.717, 1.165) is 0 Å². The first-order valence-corrected chi connectivity index (χ1v) is 5.13. The molecule has 14 heavy (non-hydrogen) atoms. The maximum atomic E-state index is 10.3. The molecule has 1 amide bonds. The third-order valence-corrected chi connectivity index (χ3v) is 0.845. The van der Waals surface area contributed by atoms with E-state index in [1.165, 1.54) is 18.7 Å². The number of carbonyl (C=O) groups is 1. The van der Waals surface area contributed by atoms with Crippen LogP contribution in [0.4, 0.5) is 0 Å². The van der Waals surface area contributed by atoms with Crippen molar-refractivity contribution in [3.63, 3.8) is 0 Å². The molecule has 0 spiro atoms. The van der Waals surface area contributed by atoms with E-state index < -0.39 is 16.0 Å². The Labute approximate surface area is 80.7 Å². The number of aromatic nitrogens is 2. The smallest absolute Gasteiger partial charge is 0.261 e. The largest absolute Gasteiger partial charge is 0.366 e. The van der Waals surface area contributed by atoms with Gasteiger partial charge in [0.05, 0.1) is 11.8 Å². The van der Waals surface area contributed by atoms with E-state index in [2.05, 4.69) is 9.97 Å². The van der Waals surface area contributed by atoms with E-state index in [-0.39, 0.29) is 0 Å². The topological polar surface area (TPSA) is 123 Å². The molecule has 3 N–H and O–H groups in total. The summed E-state index contributed by atoms with van der Waals surface area (Å²) in [5, 5.41) is 0. The number of nitrogens with zero attached hydrogens (tertiary/aromatic N) is 2. The van der Waals surface area contributed by atoms with Crippen molar-refractivity contribution in [2.45, 2.75) is 0 Å². The molecule has 0 saturated carbocycles. The van der Waals surface area contributed by atoms with E-state index >= 15 is 0 Å². The molecule has 0 fully saturated rings. The Morgan fingerprint density at radius 2 is 1.79 bits per heavy atom. The number of hydrogen-bond donors (Lipinski definition) is 2. The maximum absolute atomic E-state index is 10.3. The second-order valence-electron chi connectivity index (χ2n) is 2.22. The van der Waals surface area contributed by atoms with E-state index in [1.54, 1.807) is 0 Å². The lowest BCUT2D eigenvalue weighted by Gasteiger charge is -1.88. The molecular formula is C6H9N3O4S. The summed E-state index contributed by atoms with van der Waals surface area (Å²) >= 11 is 0. The number of nitrogens with two attached hydrogens (primary N) is 1. The standard InChI is InChI=1S/C5H5N3O.CH4O3S/c6-5(9)4-1-7-3-8-2-4;1-5(2,3)4/h1-3H,(H2,6,9);1H3,(H,2,3,4). The number of primary amides is 1. The molecule has 1 aromatic rings. The lowest BCUT2D eigenvalue weighted by Crippen LogP contribution is -2.11. The van der Waals surface area contributed by atoms with Gasteiger partial charge in [-0.05, 0) is 0 Å². The summed E-state index contributed by atoms with van der Waals surface area (Å²) in [4.78, 5) is 17.5. The van der Waals surface area contributed by atoms with E-state index in [9.17, 15) is 13.2 Å². The van der Waals surface area contributed by atoms with Gasteiger partial charge < -0.3 is 5.73 Å². The first-order valence-electron chi connectivity index (χ1n) is 3.28. The highest BCUT2D eigenvalue weighted by molar-refractivity contribution is 7.85. The molecule has 78 valence electrons. The van der Waals surface area contributed by atoms with Crippen LogP contribution in [0, 0.1) is 0 Å². The minimum Gasteiger partial charge on any atom is -0.366 e. The maximum Gasteiger partial charge on any atom is 0.261 e. The van der Waals surface area contributed by atoms with Gasteiger partial charge in [0.25, 0.3) is 16.0 Å². The lowest BCUT2D eigenvalue weighted by molar-refractivity contribution is 0.0999. The highest BCUT2D eigenvalue weighted by Crippen LogP contribution is 1.87. The summed E-state index contributed by atoms with van der Waals surface area (Å²) in [6.07, 6.45) is 4.80. The zero-order valence-corrected chi connectivity index (χ0v) is 8.10. The normalized spacial score (nSPS) is 9.86. The minimum absolute atomic E-state index is 0.331. The Morgan fingerprint density at radius 1 is 1.43 bits per heavy atom. The van der Waals surface area contributed by atoms with Crippen molar-refractivity contribution in [2.75, 3.05) is 6.26 Å². The van der Waals surface area contributed by atoms with Crippen LogP contribution in [0.2, 0.25) is 0 Å². The predicted molar refractivity (Wildman–Crippen MR) is 48.0 cm³/mol. The Morgan fingerprint density at radius 3 is 2.00 bits per heavy atom. The van der Waals surface area contributed by atoms with Gasteiger partial charge in [-0.3, -0.25) is 9.35 Å². The first kappa shape index (κ1) is 12.5. The van der Waals surface area contributed by atoms with Crippen LogP contribution in [0.5, 0.6) is 0 Å². The van der Waals surface area contributed by atoms with Crippen molar-refractivity contribution in [3.8, 4) is 0 Å². The molecule has 0 atom stereocenters. The van der Waals surface area contributed by atoms with Crippen molar-refractivity contribution < 1.29 is 17.8 Å². The molecule has 0 aromatic carbocycles. The van der Waals surface area contributed by atoms with Crippen LogP contribution < -0.4 is 5.73 Å². The average molecular weight is 219 g/mol. The highest BCUT2D eigenvalue weighted by atomic mass is 32.2. The van der Waals surface area contributed by atoms with Gasteiger partial charge in [-0.2, -0.15) is 8.42 Å². The molecule has 8 heteroatoms. The summed E-state index contributed by atoms with van der Waals surface area (Å²) in [7, 11) is -3.67. The van der Waals surface area contributed by atoms with Gasteiger partial charge in [0, 0.05) is 12.4 Å². The number of amides is 1. The van der Waals surface area contributed by atoms with E-state index in [0.29, 0.717) is 11.8 Å². The van der Waals surface area contributed by atoms with Crippen molar-refractivity contribution in [2.24, 2.45) is 5.73 Å². The molecule has 0 radical (unpaired) electrons. The van der Waals surface area contributed by atoms with Gasteiger partial charge in [-0.1, -0.05) is 0 Å². The SMILES string of the molecule is CS(=O)(=O)O.NC(=O)c1cncnc1. The third kappa shape index (κ3) is 8.56. The molecule has 0 saturated heterocycles. The Hall–Kier alpha value is -1.54. The lowest BCUT2D eigenvalue weighted by atomic mass is 10.3. The molecule has 0 aliphatic rings. The molecule has 0 bridgehead atoms. The molecule has 0 aliphatic carbocycles. The molecule has 1 heterocycles. The fraction of sp³-hybridized carbons (Fsp3) is 0.167. The summed E-state index contributed by atoms with van der Waals surface area (Å²) in [6, 6.07) is 0. The summed E-state index contributed by atoms with van der Waals surface area (Å²) in [5.41, 5.74) is 5.23. The monoisotopic (exact) mass is 219 g/mol. The van der Waals surface area contributed by atoms with Gasteiger partial charge in [0.1, 0.15) is 6.33 Å².